The SMILES string of the molecule is CC(C)(C)C1CCN(C(=O)c2cc(Cl)cc(Br)c2)CC1. The van der Waals surface area contributed by atoms with Gasteiger partial charge in [-0.05, 0) is 42.4 Å². The van der Waals surface area contributed by atoms with Gasteiger partial charge in [-0.2, -0.15) is 0 Å². The molecule has 0 unspecified atom stereocenters. The molecule has 1 heterocycles. The quantitative estimate of drug-likeness (QED) is 0.691. The summed E-state index contributed by atoms with van der Waals surface area (Å²) in [5.41, 5.74) is 0.993. The Balaban J connectivity index is 2.05. The molecule has 1 fully saturated rings. The van der Waals surface area contributed by atoms with E-state index in [0.29, 0.717) is 21.9 Å². The summed E-state index contributed by atoms with van der Waals surface area (Å²) < 4.78 is 0.845. The molecule has 20 heavy (non-hydrogen) atoms. The highest BCUT2D eigenvalue weighted by molar-refractivity contribution is 9.10. The second kappa shape index (κ2) is 6.07. The third-order valence-electron chi connectivity index (χ3n) is 4.12. The summed E-state index contributed by atoms with van der Waals surface area (Å²) in [6, 6.07) is 5.37. The normalized spacial score (nSPS) is 17.4. The average molecular weight is 359 g/mol. The van der Waals surface area contributed by atoms with Gasteiger partial charge < -0.3 is 4.90 Å². The molecular formula is C16H21BrClNO. The molecule has 1 aromatic carbocycles. The molecular weight excluding hydrogens is 338 g/mol. The fourth-order valence-electron chi connectivity index (χ4n) is 2.81. The number of likely N-dealkylation sites (tertiary alicyclic amines) is 1. The van der Waals surface area contributed by atoms with Crippen molar-refractivity contribution in [2.45, 2.75) is 33.6 Å². The van der Waals surface area contributed by atoms with Crippen molar-refractivity contribution in [3.05, 3.63) is 33.3 Å². The van der Waals surface area contributed by atoms with Crippen LogP contribution in [0.5, 0.6) is 0 Å². The minimum Gasteiger partial charge on any atom is -0.339 e. The van der Waals surface area contributed by atoms with Crippen molar-refractivity contribution in [1.82, 2.24) is 4.90 Å². The van der Waals surface area contributed by atoms with Gasteiger partial charge in [-0.25, -0.2) is 0 Å². The summed E-state index contributed by atoms with van der Waals surface area (Å²) >= 11 is 9.40. The van der Waals surface area contributed by atoms with Crippen molar-refractivity contribution in [2.24, 2.45) is 11.3 Å². The molecule has 0 saturated carbocycles. The number of benzene rings is 1. The molecule has 1 aliphatic rings. The van der Waals surface area contributed by atoms with Crippen LogP contribution < -0.4 is 0 Å². The van der Waals surface area contributed by atoms with Crippen LogP contribution in [0, 0.1) is 11.3 Å². The van der Waals surface area contributed by atoms with E-state index in [1.54, 1.807) is 12.1 Å². The van der Waals surface area contributed by atoms with Crippen LogP contribution in [0.25, 0.3) is 0 Å². The number of rotatable bonds is 1. The van der Waals surface area contributed by atoms with Crippen LogP contribution in [0.2, 0.25) is 5.02 Å². The molecule has 0 aromatic heterocycles. The molecule has 0 spiro atoms. The smallest absolute Gasteiger partial charge is 0.253 e. The van der Waals surface area contributed by atoms with Crippen LogP contribution >= 0.6 is 27.5 Å². The Morgan fingerprint density at radius 3 is 2.35 bits per heavy atom. The topological polar surface area (TPSA) is 20.3 Å². The van der Waals surface area contributed by atoms with Crippen LogP contribution in [-0.2, 0) is 0 Å². The molecule has 0 N–H and O–H groups in total. The zero-order valence-electron chi connectivity index (χ0n) is 12.2. The second-order valence-electron chi connectivity index (χ2n) is 6.59. The third-order valence-corrected chi connectivity index (χ3v) is 4.79. The number of piperidine rings is 1. The Hall–Kier alpha value is -0.540. The van der Waals surface area contributed by atoms with Gasteiger partial charge in [0.15, 0.2) is 0 Å². The molecule has 2 nitrogen and oxygen atoms in total. The van der Waals surface area contributed by atoms with E-state index in [4.69, 9.17) is 11.6 Å². The summed E-state index contributed by atoms with van der Waals surface area (Å²) in [4.78, 5) is 14.5. The van der Waals surface area contributed by atoms with Crippen molar-refractivity contribution in [3.63, 3.8) is 0 Å². The van der Waals surface area contributed by atoms with Crippen LogP contribution in [0.1, 0.15) is 44.0 Å². The maximum atomic E-state index is 12.5. The van der Waals surface area contributed by atoms with E-state index in [1.165, 1.54) is 0 Å². The summed E-state index contributed by atoms with van der Waals surface area (Å²) in [5, 5.41) is 0.590. The van der Waals surface area contributed by atoms with E-state index in [-0.39, 0.29) is 5.91 Å². The van der Waals surface area contributed by atoms with E-state index in [2.05, 4.69) is 36.7 Å². The van der Waals surface area contributed by atoms with Crippen LogP contribution in [0.15, 0.2) is 22.7 Å². The summed E-state index contributed by atoms with van der Waals surface area (Å²) in [6.45, 7) is 8.52. The summed E-state index contributed by atoms with van der Waals surface area (Å²) in [5.74, 6) is 0.776. The van der Waals surface area contributed by atoms with E-state index >= 15 is 0 Å². The highest BCUT2D eigenvalue weighted by Gasteiger charge is 2.30. The largest absolute Gasteiger partial charge is 0.339 e. The van der Waals surface area contributed by atoms with Gasteiger partial charge in [-0.1, -0.05) is 48.3 Å². The zero-order valence-corrected chi connectivity index (χ0v) is 14.6. The average Bonchev–Trinajstić information content (AvgIpc) is 2.36. The monoisotopic (exact) mass is 357 g/mol. The summed E-state index contributed by atoms with van der Waals surface area (Å²) in [7, 11) is 0. The Morgan fingerprint density at radius 1 is 1.25 bits per heavy atom. The first kappa shape index (κ1) is 15.8. The van der Waals surface area contributed by atoms with Gasteiger partial charge in [0, 0.05) is 28.1 Å². The molecule has 110 valence electrons. The lowest BCUT2D eigenvalue weighted by Gasteiger charge is -2.38. The van der Waals surface area contributed by atoms with E-state index in [9.17, 15) is 4.79 Å². The van der Waals surface area contributed by atoms with Gasteiger partial charge in [0.25, 0.3) is 5.91 Å². The van der Waals surface area contributed by atoms with Crippen molar-refractivity contribution < 1.29 is 4.79 Å². The van der Waals surface area contributed by atoms with Crippen LogP contribution in [-0.4, -0.2) is 23.9 Å². The second-order valence-corrected chi connectivity index (χ2v) is 7.94. The third kappa shape index (κ3) is 3.76. The number of hydrogen-bond donors (Lipinski definition) is 0. The fraction of sp³-hybridized carbons (Fsp3) is 0.562. The summed E-state index contributed by atoms with van der Waals surface area (Å²) in [6.07, 6.45) is 2.16. The molecule has 1 aromatic rings. The first-order chi connectivity index (χ1) is 9.27. The van der Waals surface area contributed by atoms with Gasteiger partial charge in [0.05, 0.1) is 0 Å². The van der Waals surface area contributed by atoms with Crippen LogP contribution in [0.4, 0.5) is 0 Å². The highest BCUT2D eigenvalue weighted by atomic mass is 79.9. The molecule has 0 radical (unpaired) electrons. The number of carbonyl (C=O) groups is 1. The lowest BCUT2D eigenvalue weighted by Crippen LogP contribution is -2.41. The standard InChI is InChI=1S/C16H21BrClNO/c1-16(2,3)12-4-6-19(7-5-12)15(20)11-8-13(17)10-14(18)9-11/h8-10,12H,4-7H2,1-3H3. The predicted octanol–water partition coefficient (Wildman–Crippen LogP) is 5.00. The number of carbonyl (C=O) groups excluding carboxylic acids is 1. The number of halogens is 2. The fourth-order valence-corrected chi connectivity index (χ4v) is 3.67. The molecule has 1 aliphatic heterocycles. The Morgan fingerprint density at radius 2 is 1.85 bits per heavy atom. The van der Waals surface area contributed by atoms with Crippen molar-refractivity contribution in [1.29, 1.82) is 0 Å². The maximum absolute atomic E-state index is 12.5. The van der Waals surface area contributed by atoms with Crippen molar-refractivity contribution >= 4 is 33.4 Å². The first-order valence-electron chi connectivity index (χ1n) is 7.03. The Bertz CT molecular complexity index is 481. The molecule has 0 aliphatic carbocycles. The van der Waals surface area contributed by atoms with Gasteiger partial charge in [-0.3, -0.25) is 4.79 Å². The van der Waals surface area contributed by atoms with Crippen molar-refractivity contribution in [3.8, 4) is 0 Å². The van der Waals surface area contributed by atoms with Gasteiger partial charge in [0.2, 0.25) is 0 Å². The molecule has 2 rings (SSSR count). The molecule has 0 atom stereocenters. The minimum atomic E-state index is 0.0839. The Kier molecular flexibility index (Phi) is 4.80. The molecule has 4 heteroatoms. The van der Waals surface area contributed by atoms with Gasteiger partial charge in [0.1, 0.15) is 0 Å². The predicted molar refractivity (Wildman–Crippen MR) is 87.2 cm³/mol. The number of amides is 1. The maximum Gasteiger partial charge on any atom is 0.253 e. The van der Waals surface area contributed by atoms with Gasteiger partial charge in [-0.15, -0.1) is 0 Å². The van der Waals surface area contributed by atoms with E-state index in [0.717, 1.165) is 30.4 Å². The Labute approximate surface area is 134 Å². The number of hydrogen-bond acceptors (Lipinski definition) is 1. The zero-order chi connectivity index (χ0) is 14.9. The van der Waals surface area contributed by atoms with E-state index in [1.807, 2.05) is 11.0 Å². The molecule has 1 saturated heterocycles. The van der Waals surface area contributed by atoms with Gasteiger partial charge >= 0.3 is 0 Å². The lowest BCUT2D eigenvalue weighted by molar-refractivity contribution is 0.0608. The first-order valence-corrected chi connectivity index (χ1v) is 8.20. The van der Waals surface area contributed by atoms with E-state index < -0.39 is 0 Å². The molecule has 0 bridgehead atoms. The van der Waals surface area contributed by atoms with Crippen molar-refractivity contribution in [2.75, 3.05) is 13.1 Å². The number of nitrogens with zero attached hydrogens (tertiary/aromatic N) is 1. The minimum absolute atomic E-state index is 0.0839. The molecule has 1 amide bonds. The highest BCUT2D eigenvalue weighted by Crippen LogP contribution is 2.34. The lowest BCUT2D eigenvalue weighted by atomic mass is 9.75. The van der Waals surface area contributed by atoms with Crippen LogP contribution in [0.3, 0.4) is 0 Å².